The normalized spacial score (nSPS) is 15.3. The third kappa shape index (κ3) is 4.32. The van der Waals surface area contributed by atoms with Gasteiger partial charge in [0.05, 0.1) is 18.3 Å². The molecule has 2 aromatic carbocycles. The lowest BCUT2D eigenvalue weighted by molar-refractivity contribution is -0.114. The number of ketones is 1. The van der Waals surface area contributed by atoms with Gasteiger partial charge >= 0.3 is 0 Å². The molecule has 6 heteroatoms. The van der Waals surface area contributed by atoms with Crippen LogP contribution in [0.15, 0.2) is 89.4 Å². The average Bonchev–Trinajstić information content (AvgIpc) is 3.44. The molecule has 0 saturated carbocycles. The Balaban J connectivity index is 1.32. The van der Waals surface area contributed by atoms with Gasteiger partial charge in [-0.15, -0.1) is 0 Å². The molecule has 0 atom stereocenters. The van der Waals surface area contributed by atoms with Gasteiger partial charge in [-0.2, -0.15) is 5.10 Å². The van der Waals surface area contributed by atoms with Gasteiger partial charge in [0, 0.05) is 23.9 Å². The lowest BCUT2D eigenvalue weighted by atomic mass is 9.90. The number of rotatable bonds is 5. The minimum atomic E-state index is -0.293. The van der Waals surface area contributed by atoms with Crippen molar-refractivity contribution in [2.24, 2.45) is 0 Å². The Morgan fingerprint density at radius 2 is 1.88 bits per heavy atom. The number of hydrogen-bond acceptors (Lipinski definition) is 3. The summed E-state index contributed by atoms with van der Waals surface area (Å²) in [6, 6.07) is 14.3. The van der Waals surface area contributed by atoms with Gasteiger partial charge in [0.1, 0.15) is 5.82 Å². The predicted molar refractivity (Wildman–Crippen MR) is 124 cm³/mol. The molecule has 5 rings (SSSR count). The number of benzene rings is 2. The van der Waals surface area contributed by atoms with Crippen LogP contribution in [-0.2, 0) is 17.8 Å². The van der Waals surface area contributed by atoms with Gasteiger partial charge in [-0.3, -0.25) is 14.3 Å². The van der Waals surface area contributed by atoms with Crippen LogP contribution in [0.2, 0.25) is 0 Å². The number of aromatic nitrogens is 2. The summed E-state index contributed by atoms with van der Waals surface area (Å²) in [4.78, 5) is 25.6. The number of halogens is 1. The zero-order chi connectivity index (χ0) is 22.9. The predicted octanol–water partition coefficient (Wildman–Crippen LogP) is 4.61. The molecule has 0 radical (unpaired) electrons. The molecule has 3 aromatic rings. The van der Waals surface area contributed by atoms with Crippen molar-refractivity contribution in [3.8, 4) is 0 Å². The van der Waals surface area contributed by atoms with Crippen molar-refractivity contribution in [1.82, 2.24) is 15.1 Å². The topological polar surface area (TPSA) is 64.0 Å². The summed E-state index contributed by atoms with van der Waals surface area (Å²) >= 11 is 0. The summed E-state index contributed by atoms with van der Waals surface area (Å²) < 4.78 is 14.7. The number of hydrogen-bond donors (Lipinski definition) is 1. The van der Waals surface area contributed by atoms with Gasteiger partial charge < -0.3 is 5.32 Å². The Morgan fingerprint density at radius 3 is 2.67 bits per heavy atom. The Kier molecular flexibility index (Phi) is 5.34. The van der Waals surface area contributed by atoms with E-state index in [2.05, 4.69) is 22.6 Å². The number of carbonyl (C=O) groups is 2. The quantitative estimate of drug-likeness (QED) is 0.631. The van der Waals surface area contributed by atoms with E-state index < -0.39 is 0 Å². The van der Waals surface area contributed by atoms with Crippen molar-refractivity contribution in [1.29, 1.82) is 0 Å². The molecular weight excluding hydrogens is 417 g/mol. The summed E-state index contributed by atoms with van der Waals surface area (Å²) in [5.74, 6) is -0.515. The maximum absolute atomic E-state index is 13.1. The highest BCUT2D eigenvalue weighted by atomic mass is 19.1. The minimum Gasteiger partial charge on any atom is -0.322 e. The molecule has 0 unspecified atom stereocenters. The van der Waals surface area contributed by atoms with E-state index in [0.717, 1.165) is 22.3 Å². The molecule has 0 bridgehead atoms. The molecule has 1 amide bonds. The Morgan fingerprint density at radius 1 is 1.09 bits per heavy atom. The maximum Gasteiger partial charge on any atom is 0.258 e. The van der Waals surface area contributed by atoms with Gasteiger partial charge in [-0.05, 0) is 59.4 Å². The Labute approximate surface area is 190 Å². The summed E-state index contributed by atoms with van der Waals surface area (Å²) in [5.41, 5.74) is 6.74. The van der Waals surface area contributed by atoms with Crippen molar-refractivity contribution in [3.05, 3.63) is 117 Å². The number of carbonyl (C=O) groups excluding carboxylic acids is 2. The maximum atomic E-state index is 13.1. The van der Waals surface area contributed by atoms with Crippen LogP contribution in [0.25, 0.3) is 6.08 Å². The van der Waals surface area contributed by atoms with E-state index in [9.17, 15) is 14.0 Å². The average molecular weight is 439 g/mol. The highest BCUT2D eigenvalue weighted by Crippen LogP contribution is 2.33. The highest BCUT2D eigenvalue weighted by molar-refractivity contribution is 6.05. The molecule has 33 heavy (non-hydrogen) atoms. The summed E-state index contributed by atoms with van der Waals surface area (Å²) in [7, 11) is 0. The van der Waals surface area contributed by atoms with E-state index in [-0.39, 0.29) is 23.9 Å². The van der Waals surface area contributed by atoms with Crippen molar-refractivity contribution < 1.29 is 14.0 Å². The molecule has 1 heterocycles. The van der Waals surface area contributed by atoms with Crippen LogP contribution >= 0.6 is 0 Å². The Bertz CT molecular complexity index is 1360. The summed E-state index contributed by atoms with van der Waals surface area (Å²) in [6.07, 6.45) is 7.99. The van der Waals surface area contributed by atoms with Crippen LogP contribution in [-0.4, -0.2) is 21.5 Å². The monoisotopic (exact) mass is 439 g/mol. The second kappa shape index (κ2) is 8.47. The zero-order valence-corrected chi connectivity index (χ0v) is 18.1. The number of allylic oxidation sites excluding steroid dienone is 4. The van der Waals surface area contributed by atoms with Crippen molar-refractivity contribution in [2.75, 3.05) is 0 Å². The lowest BCUT2D eigenvalue weighted by Crippen LogP contribution is -2.26. The van der Waals surface area contributed by atoms with Gasteiger partial charge in [0.15, 0.2) is 5.78 Å². The van der Waals surface area contributed by atoms with E-state index in [1.807, 2.05) is 25.1 Å². The molecule has 0 spiro atoms. The highest BCUT2D eigenvalue weighted by Gasteiger charge is 2.25. The van der Waals surface area contributed by atoms with Gasteiger partial charge in [-0.1, -0.05) is 42.5 Å². The Hall–Kier alpha value is -4.06. The van der Waals surface area contributed by atoms with Gasteiger partial charge in [0.2, 0.25) is 0 Å². The SMILES string of the molecule is CC1=C(NC(=O)c2cnn(Cc3ccc(F)cc3)c2)C=C(C2=Cc3ccccc3C2)C(=O)C1. The fourth-order valence-electron chi connectivity index (χ4n) is 4.19. The van der Waals surface area contributed by atoms with E-state index in [0.29, 0.717) is 29.8 Å². The number of nitrogens with one attached hydrogen (secondary N) is 1. The van der Waals surface area contributed by atoms with Gasteiger partial charge in [0.25, 0.3) is 5.91 Å². The molecule has 2 aliphatic carbocycles. The van der Waals surface area contributed by atoms with Crippen LogP contribution in [0.1, 0.15) is 40.4 Å². The molecule has 164 valence electrons. The number of amides is 1. The smallest absolute Gasteiger partial charge is 0.258 e. The van der Waals surface area contributed by atoms with E-state index >= 15 is 0 Å². The molecule has 0 saturated heterocycles. The third-order valence-corrected chi connectivity index (χ3v) is 5.99. The summed E-state index contributed by atoms with van der Waals surface area (Å²) in [6.45, 7) is 2.29. The molecule has 1 N–H and O–H groups in total. The standard InChI is InChI=1S/C27H22FN3O2/c1-17-10-26(32)24(21-11-19-4-2-3-5-20(19)12-21)13-25(17)30-27(33)22-14-29-31(16-22)15-18-6-8-23(28)9-7-18/h2-9,11,13-14,16H,10,12,15H2,1H3,(H,30,33). The zero-order valence-electron chi connectivity index (χ0n) is 18.1. The molecule has 2 aliphatic rings. The minimum absolute atomic E-state index is 0.0664. The lowest BCUT2D eigenvalue weighted by Gasteiger charge is -2.18. The van der Waals surface area contributed by atoms with Crippen LogP contribution in [0, 0.1) is 5.82 Å². The van der Waals surface area contributed by atoms with Crippen molar-refractivity contribution in [2.45, 2.75) is 26.3 Å². The first-order valence-electron chi connectivity index (χ1n) is 10.8. The summed E-state index contributed by atoms with van der Waals surface area (Å²) in [5, 5.41) is 7.19. The first kappa shape index (κ1) is 20.8. The van der Waals surface area contributed by atoms with Crippen LogP contribution in [0.4, 0.5) is 4.39 Å². The van der Waals surface area contributed by atoms with Crippen LogP contribution in [0.3, 0.4) is 0 Å². The first-order valence-corrected chi connectivity index (χ1v) is 10.8. The van der Waals surface area contributed by atoms with E-state index in [1.54, 1.807) is 29.1 Å². The van der Waals surface area contributed by atoms with Crippen molar-refractivity contribution in [3.63, 3.8) is 0 Å². The molecule has 0 aliphatic heterocycles. The second-order valence-corrected chi connectivity index (χ2v) is 8.40. The fraction of sp³-hybridized carbons (Fsp3) is 0.148. The molecule has 5 nitrogen and oxygen atoms in total. The number of fused-ring (bicyclic) bond motifs is 1. The third-order valence-electron chi connectivity index (χ3n) is 5.99. The molecule has 1 aromatic heterocycles. The van der Waals surface area contributed by atoms with Crippen LogP contribution < -0.4 is 5.32 Å². The number of nitrogens with zero attached hydrogens (tertiary/aromatic N) is 2. The number of Topliss-reactive ketones (excluding diaryl/α,β-unsaturated/α-hetero) is 1. The van der Waals surface area contributed by atoms with Gasteiger partial charge in [-0.25, -0.2) is 4.39 Å². The molecular formula is C27H22FN3O2. The molecule has 0 fully saturated rings. The van der Waals surface area contributed by atoms with Crippen molar-refractivity contribution >= 4 is 17.8 Å². The fourth-order valence-corrected chi connectivity index (χ4v) is 4.19. The largest absolute Gasteiger partial charge is 0.322 e. The second-order valence-electron chi connectivity index (χ2n) is 8.40. The first-order chi connectivity index (χ1) is 16.0. The van der Waals surface area contributed by atoms with Crippen LogP contribution in [0.5, 0.6) is 0 Å². The van der Waals surface area contributed by atoms with E-state index in [4.69, 9.17) is 0 Å². The van der Waals surface area contributed by atoms with E-state index in [1.165, 1.54) is 23.9 Å².